The highest BCUT2D eigenvalue weighted by molar-refractivity contribution is 7.99. The number of carboxylic acid groups (broad SMARTS) is 1. The second-order valence-corrected chi connectivity index (χ2v) is 8.10. The molecule has 1 atom stereocenters. The van der Waals surface area contributed by atoms with Crippen LogP contribution in [0.1, 0.15) is 44.9 Å². The van der Waals surface area contributed by atoms with E-state index in [9.17, 15) is 19.5 Å². The predicted octanol–water partition coefficient (Wildman–Crippen LogP) is 1.24. The van der Waals surface area contributed by atoms with Crippen molar-refractivity contribution in [3.05, 3.63) is 0 Å². The zero-order valence-electron chi connectivity index (χ0n) is 13.3. The number of thioether (sulfide) groups is 1. The zero-order chi connectivity index (χ0) is 16.4. The third-order valence-corrected chi connectivity index (χ3v) is 6.40. The molecule has 0 spiro atoms. The van der Waals surface area contributed by atoms with Crippen molar-refractivity contribution in [2.24, 2.45) is 5.92 Å². The molecule has 7 heteroatoms. The Balaban J connectivity index is 1.63. The number of hydrogen-bond acceptors (Lipinski definition) is 4. The molecule has 0 bridgehead atoms. The highest BCUT2D eigenvalue weighted by Crippen LogP contribution is 2.31. The van der Waals surface area contributed by atoms with Gasteiger partial charge in [-0.15, -0.1) is 0 Å². The summed E-state index contributed by atoms with van der Waals surface area (Å²) >= 11 is 1.71. The van der Waals surface area contributed by atoms with Crippen LogP contribution in [0.5, 0.6) is 0 Å². The molecule has 2 saturated heterocycles. The quantitative estimate of drug-likeness (QED) is 0.804. The highest BCUT2D eigenvalue weighted by atomic mass is 32.2. The fourth-order valence-electron chi connectivity index (χ4n) is 3.93. The van der Waals surface area contributed by atoms with E-state index in [4.69, 9.17) is 0 Å². The number of nitrogens with one attached hydrogen (secondary N) is 1. The third-order valence-electron chi connectivity index (χ3n) is 5.41. The van der Waals surface area contributed by atoms with E-state index in [1.807, 2.05) is 4.90 Å². The van der Waals surface area contributed by atoms with Crippen molar-refractivity contribution < 1.29 is 19.5 Å². The SMILES string of the molecule is O=C(NC1(C(=O)O)CCSCC1)[C@@H]1CC(=O)N(C2CCCC2)C1. The molecule has 2 aliphatic heterocycles. The Morgan fingerprint density at radius 1 is 1.22 bits per heavy atom. The molecule has 23 heavy (non-hydrogen) atoms. The van der Waals surface area contributed by atoms with E-state index in [2.05, 4.69) is 5.32 Å². The average molecular weight is 340 g/mol. The Morgan fingerprint density at radius 3 is 2.48 bits per heavy atom. The fraction of sp³-hybridized carbons (Fsp3) is 0.812. The van der Waals surface area contributed by atoms with Gasteiger partial charge in [0.25, 0.3) is 0 Å². The summed E-state index contributed by atoms with van der Waals surface area (Å²) in [6.45, 7) is 0.444. The summed E-state index contributed by atoms with van der Waals surface area (Å²) in [6, 6.07) is 0.278. The number of likely N-dealkylation sites (tertiary alicyclic amines) is 1. The Bertz CT molecular complexity index is 498. The van der Waals surface area contributed by atoms with Gasteiger partial charge in [-0.2, -0.15) is 11.8 Å². The maximum absolute atomic E-state index is 12.6. The van der Waals surface area contributed by atoms with Crippen LogP contribution in [0.25, 0.3) is 0 Å². The molecule has 0 aromatic heterocycles. The normalized spacial score (nSPS) is 28.1. The van der Waals surface area contributed by atoms with Gasteiger partial charge < -0.3 is 15.3 Å². The smallest absolute Gasteiger partial charge is 0.329 e. The Morgan fingerprint density at radius 2 is 1.87 bits per heavy atom. The van der Waals surface area contributed by atoms with Crippen LogP contribution >= 0.6 is 11.8 Å². The Hall–Kier alpha value is -1.24. The molecule has 0 unspecified atom stereocenters. The lowest BCUT2D eigenvalue weighted by Crippen LogP contribution is -2.58. The van der Waals surface area contributed by atoms with E-state index in [1.54, 1.807) is 11.8 Å². The van der Waals surface area contributed by atoms with Gasteiger partial charge in [-0.25, -0.2) is 4.79 Å². The van der Waals surface area contributed by atoms with Crippen LogP contribution in [-0.4, -0.2) is 57.4 Å². The van der Waals surface area contributed by atoms with Crippen LogP contribution in [0.4, 0.5) is 0 Å². The molecule has 3 rings (SSSR count). The maximum Gasteiger partial charge on any atom is 0.329 e. The second kappa shape index (κ2) is 6.71. The van der Waals surface area contributed by atoms with Crippen LogP contribution in [0, 0.1) is 5.92 Å². The fourth-order valence-corrected chi connectivity index (χ4v) is 5.12. The number of aliphatic carboxylic acids is 1. The Kier molecular flexibility index (Phi) is 4.85. The lowest BCUT2D eigenvalue weighted by Gasteiger charge is -2.34. The van der Waals surface area contributed by atoms with Crippen molar-refractivity contribution in [2.75, 3.05) is 18.1 Å². The maximum atomic E-state index is 12.6. The molecule has 2 N–H and O–H groups in total. The molecule has 128 valence electrons. The van der Waals surface area contributed by atoms with Gasteiger partial charge in [0.2, 0.25) is 11.8 Å². The van der Waals surface area contributed by atoms with Gasteiger partial charge >= 0.3 is 5.97 Å². The minimum atomic E-state index is -1.15. The first kappa shape index (κ1) is 16.6. The van der Waals surface area contributed by atoms with Crippen LogP contribution in [0.2, 0.25) is 0 Å². The molecule has 3 fully saturated rings. The number of nitrogens with zero attached hydrogens (tertiary/aromatic N) is 1. The van der Waals surface area contributed by atoms with Crippen molar-refractivity contribution in [1.29, 1.82) is 0 Å². The number of amides is 2. The molecular formula is C16H24N2O4S. The van der Waals surface area contributed by atoms with Gasteiger partial charge in [-0.05, 0) is 37.2 Å². The monoisotopic (exact) mass is 340 g/mol. The van der Waals surface area contributed by atoms with Crippen molar-refractivity contribution in [3.8, 4) is 0 Å². The first-order valence-corrected chi connectivity index (χ1v) is 9.60. The van der Waals surface area contributed by atoms with E-state index in [1.165, 1.54) is 0 Å². The second-order valence-electron chi connectivity index (χ2n) is 6.87. The molecule has 0 radical (unpaired) electrons. The zero-order valence-corrected chi connectivity index (χ0v) is 14.1. The number of carbonyl (C=O) groups is 3. The summed E-state index contributed by atoms with van der Waals surface area (Å²) in [7, 11) is 0. The summed E-state index contributed by atoms with van der Waals surface area (Å²) in [5.74, 6) is -0.111. The average Bonchev–Trinajstić information content (AvgIpc) is 3.17. The first-order chi connectivity index (χ1) is 11.0. The standard InChI is InChI=1S/C16H24N2O4S/c19-13-9-11(10-18(13)12-3-1-2-4-12)14(20)17-16(15(21)22)5-7-23-8-6-16/h11-12H,1-10H2,(H,17,20)(H,21,22)/t11-/m1/s1. The van der Waals surface area contributed by atoms with E-state index >= 15 is 0 Å². The molecule has 2 amide bonds. The molecule has 6 nitrogen and oxygen atoms in total. The largest absolute Gasteiger partial charge is 0.480 e. The van der Waals surface area contributed by atoms with Crippen molar-refractivity contribution in [1.82, 2.24) is 10.2 Å². The lowest BCUT2D eigenvalue weighted by molar-refractivity contribution is -0.148. The number of rotatable bonds is 4. The van der Waals surface area contributed by atoms with Crippen molar-refractivity contribution in [2.45, 2.75) is 56.5 Å². The van der Waals surface area contributed by atoms with E-state index in [-0.39, 0.29) is 24.3 Å². The molecule has 1 saturated carbocycles. The third kappa shape index (κ3) is 3.34. The minimum absolute atomic E-state index is 0.0422. The van der Waals surface area contributed by atoms with Crippen molar-refractivity contribution >= 4 is 29.5 Å². The van der Waals surface area contributed by atoms with E-state index < -0.39 is 17.4 Å². The van der Waals surface area contributed by atoms with Gasteiger partial charge in [-0.1, -0.05) is 12.8 Å². The van der Waals surface area contributed by atoms with E-state index in [0.717, 1.165) is 37.2 Å². The first-order valence-electron chi connectivity index (χ1n) is 8.44. The van der Waals surface area contributed by atoms with E-state index in [0.29, 0.717) is 19.4 Å². The molecule has 0 aromatic carbocycles. The molecular weight excluding hydrogens is 316 g/mol. The summed E-state index contributed by atoms with van der Waals surface area (Å²) < 4.78 is 0. The summed E-state index contributed by atoms with van der Waals surface area (Å²) in [5, 5.41) is 12.3. The van der Waals surface area contributed by atoms with Gasteiger partial charge in [0.1, 0.15) is 5.54 Å². The molecule has 3 aliphatic rings. The summed E-state index contributed by atoms with van der Waals surface area (Å²) in [5.41, 5.74) is -1.15. The highest BCUT2D eigenvalue weighted by Gasteiger charge is 2.45. The van der Waals surface area contributed by atoms with Crippen LogP contribution < -0.4 is 5.32 Å². The van der Waals surface area contributed by atoms with Gasteiger partial charge in [0.05, 0.1) is 5.92 Å². The van der Waals surface area contributed by atoms with Crippen molar-refractivity contribution in [3.63, 3.8) is 0 Å². The minimum Gasteiger partial charge on any atom is -0.480 e. The van der Waals surface area contributed by atoms with Gasteiger partial charge in [-0.3, -0.25) is 9.59 Å². The summed E-state index contributed by atoms with van der Waals surface area (Å²) in [4.78, 5) is 38.3. The Labute approximate surface area is 140 Å². The van der Waals surface area contributed by atoms with Crippen LogP contribution in [0.3, 0.4) is 0 Å². The van der Waals surface area contributed by atoms with Gasteiger partial charge in [0.15, 0.2) is 0 Å². The number of carboxylic acids is 1. The molecule has 1 aliphatic carbocycles. The van der Waals surface area contributed by atoms with Crippen LogP contribution in [0.15, 0.2) is 0 Å². The summed E-state index contributed by atoms with van der Waals surface area (Å²) in [6.07, 6.45) is 5.45. The van der Waals surface area contributed by atoms with Gasteiger partial charge in [0, 0.05) is 19.0 Å². The molecule has 0 aromatic rings. The number of carbonyl (C=O) groups excluding carboxylic acids is 2. The molecule has 2 heterocycles. The topological polar surface area (TPSA) is 86.7 Å². The predicted molar refractivity (Wildman–Crippen MR) is 87.1 cm³/mol. The number of hydrogen-bond donors (Lipinski definition) is 2. The lowest BCUT2D eigenvalue weighted by atomic mass is 9.91. The van der Waals surface area contributed by atoms with Crippen LogP contribution in [-0.2, 0) is 14.4 Å².